The highest BCUT2D eigenvalue weighted by Crippen LogP contribution is 2.22. The lowest BCUT2D eigenvalue weighted by molar-refractivity contribution is -0.115. The molecule has 7 heteroatoms. The standard InChI is InChI=1S/C23H20N4O3/c1-30-18-6-4-5-16(13-18)23(29)24-14-21(28)25-17-11-9-15(10-12-17)22-26-19-7-2-3-8-20(19)27-22/h2-13H,14H2,1H3,(H,24,29)(H,25,28)(H,26,27). The number of rotatable bonds is 6. The number of imidazole rings is 1. The molecule has 0 bridgehead atoms. The van der Waals surface area contributed by atoms with Crippen LogP contribution in [0.1, 0.15) is 10.4 Å². The van der Waals surface area contributed by atoms with Crippen molar-refractivity contribution < 1.29 is 14.3 Å². The van der Waals surface area contributed by atoms with E-state index < -0.39 is 0 Å². The van der Waals surface area contributed by atoms with Gasteiger partial charge in [0.15, 0.2) is 0 Å². The summed E-state index contributed by atoms with van der Waals surface area (Å²) >= 11 is 0. The molecule has 2 amide bonds. The van der Waals surface area contributed by atoms with Crippen molar-refractivity contribution in [2.75, 3.05) is 19.0 Å². The zero-order valence-corrected chi connectivity index (χ0v) is 16.3. The van der Waals surface area contributed by atoms with Crippen molar-refractivity contribution in [2.24, 2.45) is 0 Å². The van der Waals surface area contributed by atoms with Gasteiger partial charge in [-0.3, -0.25) is 9.59 Å². The van der Waals surface area contributed by atoms with Gasteiger partial charge in [-0.15, -0.1) is 0 Å². The summed E-state index contributed by atoms with van der Waals surface area (Å²) < 4.78 is 5.10. The summed E-state index contributed by atoms with van der Waals surface area (Å²) in [5.74, 6) is 0.684. The summed E-state index contributed by atoms with van der Waals surface area (Å²) in [4.78, 5) is 32.2. The maximum absolute atomic E-state index is 12.2. The van der Waals surface area contributed by atoms with Crippen LogP contribution in [0.4, 0.5) is 5.69 Å². The molecule has 0 unspecified atom stereocenters. The van der Waals surface area contributed by atoms with E-state index in [9.17, 15) is 9.59 Å². The maximum Gasteiger partial charge on any atom is 0.251 e. The van der Waals surface area contributed by atoms with Gasteiger partial charge in [-0.2, -0.15) is 0 Å². The SMILES string of the molecule is COc1cccc(C(=O)NCC(=O)Nc2ccc(-c3nc4ccccc4[nH]3)cc2)c1. The number of methoxy groups -OCH3 is 1. The number of para-hydroxylation sites is 2. The highest BCUT2D eigenvalue weighted by Gasteiger charge is 2.10. The first-order chi connectivity index (χ1) is 14.6. The number of carbonyl (C=O) groups is 2. The van der Waals surface area contributed by atoms with Gasteiger partial charge in [0.25, 0.3) is 5.91 Å². The second kappa shape index (κ2) is 8.48. The molecule has 0 radical (unpaired) electrons. The summed E-state index contributed by atoms with van der Waals surface area (Å²) in [7, 11) is 1.53. The van der Waals surface area contributed by atoms with Gasteiger partial charge in [0, 0.05) is 16.8 Å². The van der Waals surface area contributed by atoms with Crippen LogP contribution in [0.25, 0.3) is 22.4 Å². The second-order valence-corrected chi connectivity index (χ2v) is 6.64. The molecular weight excluding hydrogens is 380 g/mol. The Kier molecular flexibility index (Phi) is 5.43. The van der Waals surface area contributed by atoms with Crippen LogP contribution < -0.4 is 15.4 Å². The molecule has 1 heterocycles. The van der Waals surface area contributed by atoms with Crippen molar-refractivity contribution >= 4 is 28.5 Å². The number of aromatic amines is 1. The van der Waals surface area contributed by atoms with Crippen LogP contribution in [-0.4, -0.2) is 35.4 Å². The predicted octanol–water partition coefficient (Wildman–Crippen LogP) is 3.61. The van der Waals surface area contributed by atoms with E-state index in [1.807, 2.05) is 36.4 Å². The number of fused-ring (bicyclic) bond motifs is 1. The fourth-order valence-electron chi connectivity index (χ4n) is 3.03. The van der Waals surface area contributed by atoms with Gasteiger partial charge in [0.1, 0.15) is 11.6 Å². The molecule has 0 spiro atoms. The third kappa shape index (κ3) is 4.30. The molecule has 7 nitrogen and oxygen atoms in total. The van der Waals surface area contributed by atoms with Gasteiger partial charge in [-0.25, -0.2) is 4.98 Å². The van der Waals surface area contributed by atoms with Gasteiger partial charge in [-0.05, 0) is 54.6 Å². The number of carbonyl (C=O) groups excluding carboxylic acids is 2. The Morgan fingerprint density at radius 2 is 1.80 bits per heavy atom. The van der Waals surface area contributed by atoms with Crippen molar-refractivity contribution in [3.63, 3.8) is 0 Å². The molecule has 4 aromatic rings. The van der Waals surface area contributed by atoms with Gasteiger partial charge >= 0.3 is 0 Å². The molecular formula is C23H20N4O3. The van der Waals surface area contributed by atoms with E-state index in [1.165, 1.54) is 7.11 Å². The lowest BCUT2D eigenvalue weighted by Crippen LogP contribution is -2.32. The van der Waals surface area contributed by atoms with Crippen LogP contribution in [0.15, 0.2) is 72.8 Å². The topological polar surface area (TPSA) is 96.1 Å². The van der Waals surface area contributed by atoms with Crippen molar-refractivity contribution in [2.45, 2.75) is 0 Å². The highest BCUT2D eigenvalue weighted by molar-refractivity contribution is 5.99. The van der Waals surface area contributed by atoms with Crippen LogP contribution in [0, 0.1) is 0 Å². The van der Waals surface area contributed by atoms with Crippen molar-refractivity contribution in [1.29, 1.82) is 0 Å². The molecule has 4 rings (SSSR count). The van der Waals surface area contributed by atoms with E-state index >= 15 is 0 Å². The summed E-state index contributed by atoms with van der Waals surface area (Å²) in [5, 5.41) is 5.37. The second-order valence-electron chi connectivity index (χ2n) is 6.64. The fraction of sp³-hybridized carbons (Fsp3) is 0.0870. The zero-order chi connectivity index (χ0) is 20.9. The van der Waals surface area contributed by atoms with E-state index in [-0.39, 0.29) is 18.4 Å². The van der Waals surface area contributed by atoms with Crippen LogP contribution >= 0.6 is 0 Å². The summed E-state index contributed by atoms with van der Waals surface area (Å²) in [6.45, 7) is -0.138. The third-order valence-corrected chi connectivity index (χ3v) is 4.57. The Morgan fingerprint density at radius 3 is 2.57 bits per heavy atom. The number of benzene rings is 3. The van der Waals surface area contributed by atoms with Crippen LogP contribution in [0.2, 0.25) is 0 Å². The van der Waals surface area contributed by atoms with Crippen LogP contribution in [0.5, 0.6) is 5.75 Å². The quantitative estimate of drug-likeness (QED) is 0.461. The van der Waals surface area contributed by atoms with E-state index in [4.69, 9.17) is 4.74 Å². The molecule has 3 N–H and O–H groups in total. The lowest BCUT2D eigenvalue weighted by Gasteiger charge is -2.08. The average Bonchev–Trinajstić information content (AvgIpc) is 3.22. The number of hydrogen-bond donors (Lipinski definition) is 3. The normalized spacial score (nSPS) is 10.6. The monoisotopic (exact) mass is 400 g/mol. The Bertz CT molecular complexity index is 1170. The van der Waals surface area contributed by atoms with Crippen molar-refractivity contribution in [3.8, 4) is 17.1 Å². The number of ether oxygens (including phenoxy) is 1. The largest absolute Gasteiger partial charge is 0.497 e. The first kappa shape index (κ1) is 19.2. The summed E-state index contributed by atoms with van der Waals surface area (Å²) in [6, 6.07) is 21.9. The Labute approximate surface area is 173 Å². The van der Waals surface area contributed by atoms with E-state index in [0.717, 1.165) is 22.4 Å². The number of H-pyrrole nitrogens is 1. The van der Waals surface area contributed by atoms with Gasteiger partial charge in [0.2, 0.25) is 5.91 Å². The van der Waals surface area contributed by atoms with E-state index in [0.29, 0.717) is 17.0 Å². The minimum atomic E-state index is -0.343. The highest BCUT2D eigenvalue weighted by atomic mass is 16.5. The van der Waals surface area contributed by atoms with Crippen molar-refractivity contribution in [1.82, 2.24) is 15.3 Å². The number of nitrogens with zero attached hydrogens (tertiary/aromatic N) is 1. The Hall–Kier alpha value is -4.13. The molecule has 0 aliphatic heterocycles. The van der Waals surface area contributed by atoms with E-state index in [2.05, 4.69) is 20.6 Å². The maximum atomic E-state index is 12.2. The van der Waals surface area contributed by atoms with Crippen LogP contribution in [-0.2, 0) is 4.79 Å². The first-order valence-electron chi connectivity index (χ1n) is 9.40. The average molecular weight is 400 g/mol. The molecule has 150 valence electrons. The first-order valence-corrected chi connectivity index (χ1v) is 9.40. The number of amides is 2. The summed E-state index contributed by atoms with van der Waals surface area (Å²) in [6.07, 6.45) is 0. The molecule has 30 heavy (non-hydrogen) atoms. The molecule has 0 aliphatic carbocycles. The number of aromatic nitrogens is 2. The molecule has 0 saturated heterocycles. The molecule has 0 saturated carbocycles. The van der Waals surface area contributed by atoms with E-state index in [1.54, 1.807) is 36.4 Å². The minimum Gasteiger partial charge on any atom is -0.497 e. The zero-order valence-electron chi connectivity index (χ0n) is 16.3. The van der Waals surface area contributed by atoms with Gasteiger partial charge in [0.05, 0.1) is 24.7 Å². The van der Waals surface area contributed by atoms with Gasteiger partial charge in [-0.1, -0.05) is 18.2 Å². The fourth-order valence-corrected chi connectivity index (χ4v) is 3.03. The minimum absolute atomic E-state index is 0.138. The Morgan fingerprint density at radius 1 is 1.00 bits per heavy atom. The molecule has 1 aromatic heterocycles. The van der Waals surface area contributed by atoms with Gasteiger partial charge < -0.3 is 20.4 Å². The number of nitrogens with one attached hydrogen (secondary N) is 3. The molecule has 3 aromatic carbocycles. The number of anilines is 1. The molecule has 0 atom stereocenters. The molecule has 0 aliphatic rings. The smallest absolute Gasteiger partial charge is 0.251 e. The lowest BCUT2D eigenvalue weighted by atomic mass is 10.2. The Balaban J connectivity index is 1.34. The third-order valence-electron chi connectivity index (χ3n) is 4.57. The number of hydrogen-bond acceptors (Lipinski definition) is 4. The summed E-state index contributed by atoms with van der Waals surface area (Å²) in [5.41, 5.74) is 3.84. The predicted molar refractivity (Wildman–Crippen MR) is 115 cm³/mol. The molecule has 0 fully saturated rings. The van der Waals surface area contributed by atoms with Crippen LogP contribution in [0.3, 0.4) is 0 Å². The van der Waals surface area contributed by atoms with Crippen molar-refractivity contribution in [3.05, 3.63) is 78.4 Å².